The molecule has 1 N–H and O–H groups in total. The average molecular weight is 403 g/mol. The van der Waals surface area contributed by atoms with E-state index in [-0.39, 0.29) is 17.6 Å². The lowest BCUT2D eigenvalue weighted by atomic mass is 9.93. The van der Waals surface area contributed by atoms with Crippen LogP contribution in [-0.4, -0.2) is 44.3 Å². The third-order valence-corrected chi connectivity index (χ3v) is 5.19. The molecule has 0 radical (unpaired) electrons. The van der Waals surface area contributed by atoms with Gasteiger partial charge < -0.3 is 9.64 Å². The molecule has 0 bridgehead atoms. The van der Waals surface area contributed by atoms with Gasteiger partial charge >= 0.3 is 6.09 Å². The van der Waals surface area contributed by atoms with Gasteiger partial charge in [0.15, 0.2) is 5.65 Å². The lowest BCUT2D eigenvalue weighted by molar-refractivity contribution is 0.0204. The van der Waals surface area contributed by atoms with E-state index in [9.17, 15) is 9.59 Å². The maximum Gasteiger partial charge on any atom is 0.410 e. The fourth-order valence-electron chi connectivity index (χ4n) is 3.60. The summed E-state index contributed by atoms with van der Waals surface area (Å²) >= 11 is 6.12. The maximum absolute atomic E-state index is 12.6. The fourth-order valence-corrected chi connectivity index (χ4v) is 3.77. The molecule has 148 valence electrons. The Morgan fingerprint density at radius 3 is 2.64 bits per heavy atom. The largest absolute Gasteiger partial charge is 0.444 e. The highest BCUT2D eigenvalue weighted by atomic mass is 35.5. The Labute approximate surface area is 167 Å². The van der Waals surface area contributed by atoms with E-state index < -0.39 is 5.60 Å². The Morgan fingerprint density at radius 1 is 1.25 bits per heavy atom. The lowest BCUT2D eigenvalue weighted by Crippen LogP contribution is -2.41. The third kappa shape index (κ3) is 3.58. The number of aromatic amines is 1. The summed E-state index contributed by atoms with van der Waals surface area (Å²) in [6.45, 7) is 6.74. The Balaban J connectivity index is 1.59. The number of likely N-dealkylation sites (tertiary alicyclic amines) is 1. The molecule has 0 unspecified atom stereocenters. The van der Waals surface area contributed by atoms with Crippen molar-refractivity contribution in [2.45, 2.75) is 45.1 Å². The van der Waals surface area contributed by atoms with E-state index in [0.29, 0.717) is 23.8 Å². The van der Waals surface area contributed by atoms with Crippen molar-refractivity contribution in [3.63, 3.8) is 0 Å². The molecule has 1 aliphatic heterocycles. The molecular weight excluding hydrogens is 380 g/mol. The molecule has 1 saturated heterocycles. The number of hydrogen-bond acceptors (Lipinski definition) is 4. The number of rotatable bonds is 1. The number of carbonyl (C=O) groups excluding carboxylic acids is 1. The van der Waals surface area contributed by atoms with Crippen LogP contribution in [0.4, 0.5) is 4.79 Å². The van der Waals surface area contributed by atoms with E-state index in [1.165, 1.54) is 4.52 Å². The highest BCUT2D eigenvalue weighted by molar-refractivity contribution is 6.31. The lowest BCUT2D eigenvalue weighted by Gasteiger charge is -2.33. The van der Waals surface area contributed by atoms with Crippen LogP contribution >= 0.6 is 11.6 Å². The van der Waals surface area contributed by atoms with Crippen LogP contribution < -0.4 is 5.56 Å². The zero-order chi connectivity index (χ0) is 20.1. The first-order valence-corrected chi connectivity index (χ1v) is 9.78. The molecule has 3 aromatic rings. The van der Waals surface area contributed by atoms with E-state index in [0.717, 1.165) is 29.4 Å². The van der Waals surface area contributed by atoms with E-state index in [2.05, 4.69) is 5.10 Å². The first-order valence-electron chi connectivity index (χ1n) is 9.40. The number of H-pyrrole nitrogens is 1. The van der Waals surface area contributed by atoms with Crippen molar-refractivity contribution in [1.82, 2.24) is 19.5 Å². The van der Waals surface area contributed by atoms with Crippen molar-refractivity contribution in [2.24, 2.45) is 0 Å². The van der Waals surface area contributed by atoms with Gasteiger partial charge in [0.1, 0.15) is 5.60 Å². The van der Waals surface area contributed by atoms with Crippen LogP contribution in [0, 0.1) is 0 Å². The van der Waals surface area contributed by atoms with Crippen LogP contribution in [0.2, 0.25) is 5.02 Å². The summed E-state index contributed by atoms with van der Waals surface area (Å²) in [4.78, 5) is 31.3. The van der Waals surface area contributed by atoms with Crippen molar-refractivity contribution in [2.75, 3.05) is 13.1 Å². The Morgan fingerprint density at radius 2 is 1.96 bits per heavy atom. The number of fused-ring (bicyclic) bond motifs is 3. The van der Waals surface area contributed by atoms with Gasteiger partial charge in [-0.2, -0.15) is 0 Å². The molecule has 1 fully saturated rings. The number of piperidine rings is 1. The minimum absolute atomic E-state index is 0.125. The zero-order valence-corrected chi connectivity index (χ0v) is 16.9. The van der Waals surface area contributed by atoms with Gasteiger partial charge in [0, 0.05) is 35.5 Å². The van der Waals surface area contributed by atoms with Crippen LogP contribution in [0.15, 0.2) is 29.1 Å². The van der Waals surface area contributed by atoms with E-state index >= 15 is 0 Å². The van der Waals surface area contributed by atoms with Crippen molar-refractivity contribution < 1.29 is 9.53 Å². The average Bonchev–Trinajstić information content (AvgIpc) is 2.99. The Bertz CT molecular complexity index is 1100. The van der Waals surface area contributed by atoms with Gasteiger partial charge in [-0.05, 0) is 51.8 Å². The molecule has 1 aliphatic rings. The molecule has 0 spiro atoms. The number of carbonyl (C=O) groups is 1. The van der Waals surface area contributed by atoms with Crippen LogP contribution in [0.1, 0.15) is 45.2 Å². The highest BCUT2D eigenvalue weighted by Crippen LogP contribution is 2.28. The first kappa shape index (κ1) is 18.8. The highest BCUT2D eigenvalue weighted by Gasteiger charge is 2.28. The van der Waals surface area contributed by atoms with E-state index in [1.807, 2.05) is 32.9 Å². The first-order chi connectivity index (χ1) is 13.2. The Hall–Kier alpha value is -2.54. The number of halogens is 1. The van der Waals surface area contributed by atoms with Crippen LogP contribution in [0.5, 0.6) is 0 Å². The number of amides is 1. The molecule has 7 nitrogen and oxygen atoms in total. The van der Waals surface area contributed by atoms with Crippen molar-refractivity contribution in [3.05, 3.63) is 45.3 Å². The molecule has 8 heteroatoms. The van der Waals surface area contributed by atoms with Gasteiger partial charge in [0.25, 0.3) is 5.56 Å². The van der Waals surface area contributed by atoms with Gasteiger partial charge in [0.2, 0.25) is 0 Å². The molecule has 1 aromatic carbocycles. The number of hydrogen-bond donors (Lipinski definition) is 1. The number of aromatic nitrogens is 3. The van der Waals surface area contributed by atoms with Gasteiger partial charge in [-0.3, -0.25) is 9.89 Å². The summed E-state index contributed by atoms with van der Waals surface area (Å²) in [7, 11) is 0. The quantitative estimate of drug-likeness (QED) is 0.668. The predicted octanol–water partition coefficient (Wildman–Crippen LogP) is 3.94. The second-order valence-corrected chi connectivity index (χ2v) is 8.66. The number of nitrogens with zero attached hydrogens (tertiary/aromatic N) is 3. The monoisotopic (exact) mass is 402 g/mol. The molecule has 2 aromatic heterocycles. The van der Waals surface area contributed by atoms with Gasteiger partial charge in [-0.15, -0.1) is 0 Å². The minimum Gasteiger partial charge on any atom is -0.444 e. The van der Waals surface area contributed by atoms with Crippen molar-refractivity contribution >= 4 is 34.2 Å². The molecule has 0 aliphatic carbocycles. The Kier molecular flexibility index (Phi) is 4.57. The number of benzene rings is 1. The summed E-state index contributed by atoms with van der Waals surface area (Å²) in [6.07, 6.45) is 1.19. The molecule has 0 saturated carbocycles. The van der Waals surface area contributed by atoms with E-state index in [1.54, 1.807) is 17.0 Å². The van der Waals surface area contributed by atoms with Crippen LogP contribution in [0.25, 0.3) is 16.6 Å². The summed E-state index contributed by atoms with van der Waals surface area (Å²) in [5, 5.41) is 4.47. The van der Waals surface area contributed by atoms with Crippen molar-refractivity contribution in [1.29, 1.82) is 0 Å². The molecule has 0 atom stereocenters. The van der Waals surface area contributed by atoms with Gasteiger partial charge in [-0.1, -0.05) is 11.6 Å². The number of nitrogens with one attached hydrogen (secondary N) is 1. The van der Waals surface area contributed by atoms with Gasteiger partial charge in [0.05, 0.1) is 11.2 Å². The fraction of sp³-hybridized carbons (Fsp3) is 0.450. The zero-order valence-electron chi connectivity index (χ0n) is 16.2. The molecule has 3 heterocycles. The second-order valence-electron chi connectivity index (χ2n) is 8.22. The normalized spacial score (nSPS) is 16.1. The molecule has 1 amide bonds. The third-order valence-electron chi connectivity index (χ3n) is 4.96. The topological polar surface area (TPSA) is 79.7 Å². The maximum atomic E-state index is 12.6. The number of ether oxygens (including phenoxy) is 1. The molecular formula is C20H23ClN4O3. The molecule has 4 rings (SSSR count). The second kappa shape index (κ2) is 6.81. The van der Waals surface area contributed by atoms with Crippen molar-refractivity contribution in [3.8, 4) is 0 Å². The standard InChI is InChI=1S/C20H23ClN4O3/c1-20(2,3)28-19(27)24-8-6-12(7-9-24)16-11-17(26)25-18(22-16)14-10-13(21)4-5-15(14)23-25/h4-5,10-12,23H,6-9H2,1-3H3. The summed E-state index contributed by atoms with van der Waals surface area (Å²) in [5.41, 5.74) is 1.49. The van der Waals surface area contributed by atoms with E-state index in [4.69, 9.17) is 21.3 Å². The summed E-state index contributed by atoms with van der Waals surface area (Å²) < 4.78 is 6.89. The summed E-state index contributed by atoms with van der Waals surface area (Å²) in [6, 6.07) is 7.00. The van der Waals surface area contributed by atoms with Gasteiger partial charge in [-0.25, -0.2) is 14.3 Å². The van der Waals surface area contributed by atoms with Crippen LogP contribution in [-0.2, 0) is 4.74 Å². The summed E-state index contributed by atoms with van der Waals surface area (Å²) in [5.74, 6) is 0.125. The SMILES string of the molecule is CC(C)(C)OC(=O)N1CCC(c2cc(=O)n3[nH]c4ccc(Cl)cc4c3n2)CC1. The predicted molar refractivity (Wildman–Crippen MR) is 108 cm³/mol. The smallest absolute Gasteiger partial charge is 0.410 e. The minimum atomic E-state index is -0.508. The molecule has 28 heavy (non-hydrogen) atoms. The van der Waals surface area contributed by atoms with Crippen LogP contribution in [0.3, 0.4) is 0 Å².